The van der Waals surface area contributed by atoms with Gasteiger partial charge in [-0.15, -0.1) is 0 Å². The van der Waals surface area contributed by atoms with E-state index in [-0.39, 0.29) is 11.8 Å². The number of carboxylic acid groups (broad SMARTS) is 1. The minimum atomic E-state index is -0.953. The monoisotopic (exact) mass is 247 g/mol. The molecule has 16 heavy (non-hydrogen) atoms. The molecule has 0 aromatic heterocycles. The molecule has 0 spiro atoms. The molecule has 0 aliphatic carbocycles. The highest BCUT2D eigenvalue weighted by atomic mass is 32.2. The molecular formula is C11H21NO3S. The lowest BCUT2D eigenvalue weighted by atomic mass is 10.0. The van der Waals surface area contributed by atoms with Gasteiger partial charge in [-0.25, -0.2) is 4.79 Å². The van der Waals surface area contributed by atoms with Gasteiger partial charge in [-0.3, -0.25) is 4.79 Å². The normalized spacial score (nSPS) is 14.2. The van der Waals surface area contributed by atoms with Crippen molar-refractivity contribution in [1.29, 1.82) is 0 Å². The Balaban J connectivity index is 4.17. The predicted molar refractivity (Wildman–Crippen MR) is 66.6 cm³/mol. The summed E-state index contributed by atoms with van der Waals surface area (Å²) < 4.78 is 0. The van der Waals surface area contributed by atoms with Gasteiger partial charge in [0.15, 0.2) is 0 Å². The summed E-state index contributed by atoms with van der Waals surface area (Å²) in [4.78, 5) is 22.5. The number of aliphatic carboxylic acids is 1. The van der Waals surface area contributed by atoms with E-state index in [2.05, 4.69) is 5.32 Å². The molecule has 2 N–H and O–H groups in total. The quantitative estimate of drug-likeness (QED) is 0.685. The van der Waals surface area contributed by atoms with E-state index in [4.69, 9.17) is 5.11 Å². The topological polar surface area (TPSA) is 66.4 Å². The molecule has 94 valence electrons. The summed E-state index contributed by atoms with van der Waals surface area (Å²) in [5, 5.41) is 11.5. The fourth-order valence-corrected chi connectivity index (χ4v) is 1.84. The maximum absolute atomic E-state index is 11.6. The molecule has 0 saturated heterocycles. The Morgan fingerprint density at radius 3 is 2.44 bits per heavy atom. The third kappa shape index (κ3) is 6.00. The van der Waals surface area contributed by atoms with Crippen molar-refractivity contribution in [3.63, 3.8) is 0 Å². The first kappa shape index (κ1) is 15.3. The molecule has 2 atom stereocenters. The van der Waals surface area contributed by atoms with Gasteiger partial charge in [0.1, 0.15) is 6.04 Å². The van der Waals surface area contributed by atoms with E-state index in [0.717, 1.165) is 18.6 Å². The van der Waals surface area contributed by atoms with Crippen LogP contribution in [0, 0.1) is 5.92 Å². The molecule has 0 aliphatic rings. The van der Waals surface area contributed by atoms with Gasteiger partial charge < -0.3 is 10.4 Å². The summed E-state index contributed by atoms with van der Waals surface area (Å²) in [6.45, 7) is 3.83. The Morgan fingerprint density at radius 2 is 2.00 bits per heavy atom. The molecule has 0 fully saturated rings. The lowest BCUT2D eigenvalue weighted by Gasteiger charge is -2.17. The predicted octanol–water partition coefficient (Wildman–Crippen LogP) is 1.75. The second kappa shape index (κ2) is 8.44. The highest BCUT2D eigenvalue weighted by molar-refractivity contribution is 7.98. The van der Waals surface area contributed by atoms with Crippen molar-refractivity contribution in [2.75, 3.05) is 12.0 Å². The highest BCUT2D eigenvalue weighted by Crippen LogP contribution is 2.07. The van der Waals surface area contributed by atoms with Crippen molar-refractivity contribution < 1.29 is 14.7 Å². The summed E-state index contributed by atoms with van der Waals surface area (Å²) in [6.07, 6.45) is 4.11. The van der Waals surface area contributed by atoms with Gasteiger partial charge in [-0.1, -0.05) is 20.3 Å². The van der Waals surface area contributed by atoms with E-state index in [9.17, 15) is 9.59 Å². The summed E-state index contributed by atoms with van der Waals surface area (Å²) >= 11 is 1.58. The van der Waals surface area contributed by atoms with Gasteiger partial charge >= 0.3 is 5.97 Å². The van der Waals surface area contributed by atoms with Crippen LogP contribution in [0.25, 0.3) is 0 Å². The van der Waals surface area contributed by atoms with Gasteiger partial charge in [0.25, 0.3) is 0 Å². The van der Waals surface area contributed by atoms with Crippen molar-refractivity contribution in [3.05, 3.63) is 0 Å². The van der Waals surface area contributed by atoms with Crippen LogP contribution in [0.5, 0.6) is 0 Å². The maximum atomic E-state index is 11.6. The van der Waals surface area contributed by atoms with Crippen molar-refractivity contribution in [2.45, 2.75) is 39.2 Å². The molecular weight excluding hydrogens is 226 g/mol. The molecule has 0 saturated carbocycles. The zero-order valence-electron chi connectivity index (χ0n) is 10.2. The smallest absolute Gasteiger partial charge is 0.326 e. The first-order valence-corrected chi connectivity index (χ1v) is 6.94. The molecule has 5 heteroatoms. The van der Waals surface area contributed by atoms with E-state index in [1.54, 1.807) is 11.8 Å². The first-order chi connectivity index (χ1) is 7.52. The van der Waals surface area contributed by atoms with Gasteiger partial charge in [0, 0.05) is 5.92 Å². The molecule has 0 radical (unpaired) electrons. The van der Waals surface area contributed by atoms with Crippen molar-refractivity contribution in [3.8, 4) is 0 Å². The van der Waals surface area contributed by atoms with Gasteiger partial charge in [0.05, 0.1) is 0 Å². The second-order valence-electron chi connectivity index (χ2n) is 3.87. The molecule has 0 aromatic rings. The zero-order chi connectivity index (χ0) is 12.6. The first-order valence-electron chi connectivity index (χ1n) is 5.55. The Bertz CT molecular complexity index is 233. The fourth-order valence-electron chi connectivity index (χ4n) is 1.37. The second-order valence-corrected chi connectivity index (χ2v) is 4.86. The molecule has 0 bridgehead atoms. The standard InChI is InChI=1S/C11H21NO3S/c1-4-5-8(2)10(13)12-9(11(14)15)6-7-16-3/h8-9H,4-7H2,1-3H3,(H,12,13)(H,14,15)/t8?,9-/m1/s1. The van der Waals surface area contributed by atoms with Gasteiger partial charge in [-0.2, -0.15) is 11.8 Å². The van der Waals surface area contributed by atoms with Crippen LogP contribution in [0.2, 0.25) is 0 Å². The Kier molecular flexibility index (Phi) is 8.07. The third-order valence-corrected chi connectivity index (χ3v) is 3.04. The van der Waals surface area contributed by atoms with E-state index in [1.165, 1.54) is 0 Å². The van der Waals surface area contributed by atoms with Crippen LogP contribution in [0.1, 0.15) is 33.1 Å². The number of thioether (sulfide) groups is 1. The van der Waals surface area contributed by atoms with Gasteiger partial charge in [0.2, 0.25) is 5.91 Å². The van der Waals surface area contributed by atoms with Crippen molar-refractivity contribution in [1.82, 2.24) is 5.32 Å². The number of carbonyl (C=O) groups excluding carboxylic acids is 1. The minimum Gasteiger partial charge on any atom is -0.480 e. The number of nitrogens with one attached hydrogen (secondary N) is 1. The fraction of sp³-hybridized carbons (Fsp3) is 0.818. The lowest BCUT2D eigenvalue weighted by molar-refractivity contribution is -0.142. The van der Waals surface area contributed by atoms with Crippen LogP contribution >= 0.6 is 11.8 Å². The summed E-state index contributed by atoms with van der Waals surface area (Å²) in [6, 6.07) is -0.751. The summed E-state index contributed by atoms with van der Waals surface area (Å²) in [5.74, 6) is -0.484. The van der Waals surface area contributed by atoms with Crippen LogP contribution in [-0.2, 0) is 9.59 Å². The Morgan fingerprint density at radius 1 is 1.38 bits per heavy atom. The van der Waals surface area contributed by atoms with Crippen LogP contribution in [0.15, 0.2) is 0 Å². The van der Waals surface area contributed by atoms with Crippen LogP contribution in [0.3, 0.4) is 0 Å². The van der Waals surface area contributed by atoms with Crippen LogP contribution in [0.4, 0.5) is 0 Å². The Hall–Kier alpha value is -0.710. The number of hydrogen-bond acceptors (Lipinski definition) is 3. The average Bonchev–Trinajstić information content (AvgIpc) is 2.23. The van der Waals surface area contributed by atoms with E-state index >= 15 is 0 Å². The van der Waals surface area contributed by atoms with Crippen LogP contribution < -0.4 is 5.32 Å². The number of amides is 1. The van der Waals surface area contributed by atoms with Crippen molar-refractivity contribution >= 4 is 23.6 Å². The van der Waals surface area contributed by atoms with E-state index in [0.29, 0.717) is 6.42 Å². The third-order valence-electron chi connectivity index (χ3n) is 2.39. The number of carbonyl (C=O) groups is 2. The number of carboxylic acids is 1. The number of rotatable bonds is 8. The van der Waals surface area contributed by atoms with E-state index < -0.39 is 12.0 Å². The van der Waals surface area contributed by atoms with Crippen molar-refractivity contribution in [2.24, 2.45) is 5.92 Å². The highest BCUT2D eigenvalue weighted by Gasteiger charge is 2.21. The SMILES string of the molecule is CCCC(C)C(=O)N[C@H](CCSC)C(=O)O. The lowest BCUT2D eigenvalue weighted by Crippen LogP contribution is -2.43. The minimum absolute atomic E-state index is 0.110. The summed E-state index contributed by atoms with van der Waals surface area (Å²) in [7, 11) is 0. The summed E-state index contributed by atoms with van der Waals surface area (Å²) in [5.41, 5.74) is 0. The van der Waals surface area contributed by atoms with E-state index in [1.807, 2.05) is 20.1 Å². The zero-order valence-corrected chi connectivity index (χ0v) is 11.0. The number of hydrogen-bond donors (Lipinski definition) is 2. The molecule has 1 unspecified atom stereocenters. The molecule has 4 nitrogen and oxygen atoms in total. The molecule has 0 aromatic carbocycles. The molecule has 0 aliphatic heterocycles. The molecule has 0 heterocycles. The van der Waals surface area contributed by atoms with Gasteiger partial charge in [-0.05, 0) is 24.9 Å². The largest absolute Gasteiger partial charge is 0.480 e. The maximum Gasteiger partial charge on any atom is 0.326 e. The van der Waals surface area contributed by atoms with Crippen LogP contribution in [-0.4, -0.2) is 35.0 Å². The molecule has 1 amide bonds. The molecule has 0 rings (SSSR count). The average molecular weight is 247 g/mol. The Labute approximate surface area is 101 Å².